The summed E-state index contributed by atoms with van der Waals surface area (Å²) in [6, 6.07) is 2.82. The Morgan fingerprint density at radius 2 is 1.70 bits per heavy atom. The van der Waals surface area contributed by atoms with Gasteiger partial charge in [-0.15, -0.1) is 0 Å². The third kappa shape index (κ3) is 5.47. The van der Waals surface area contributed by atoms with E-state index < -0.39 is 11.9 Å². The van der Waals surface area contributed by atoms with E-state index in [1.807, 2.05) is 0 Å². The van der Waals surface area contributed by atoms with E-state index in [9.17, 15) is 9.59 Å². The van der Waals surface area contributed by atoms with Crippen LogP contribution in [0.4, 0.5) is 0 Å². The zero-order valence-corrected chi connectivity index (χ0v) is 12.7. The summed E-state index contributed by atoms with van der Waals surface area (Å²) in [7, 11) is 0. The largest absolute Gasteiger partial charge is 0.460 e. The van der Waals surface area contributed by atoms with Crippen LogP contribution in [0.2, 0.25) is 0 Å². The second-order valence-electron chi connectivity index (χ2n) is 6.06. The molecule has 0 aromatic carbocycles. The molecule has 0 fully saturated rings. The van der Waals surface area contributed by atoms with Crippen molar-refractivity contribution in [2.24, 2.45) is 5.41 Å². The Labute approximate surface area is 119 Å². The Kier molecular flexibility index (Phi) is 5.36. The molecule has 0 aliphatic heterocycles. The van der Waals surface area contributed by atoms with Crippen molar-refractivity contribution in [3.63, 3.8) is 0 Å². The summed E-state index contributed by atoms with van der Waals surface area (Å²) in [4.78, 5) is 23.3. The molecule has 1 aromatic heterocycles. The van der Waals surface area contributed by atoms with Crippen LogP contribution in [0.1, 0.15) is 62.1 Å². The lowest BCUT2D eigenvalue weighted by atomic mass is 9.93. The summed E-state index contributed by atoms with van der Waals surface area (Å²) < 4.78 is 15.2. The van der Waals surface area contributed by atoms with Gasteiger partial charge >= 0.3 is 11.9 Å². The number of ether oxygens (including phenoxy) is 2. The highest BCUT2D eigenvalue weighted by molar-refractivity contribution is 5.90. The zero-order chi connectivity index (χ0) is 15.3. The van der Waals surface area contributed by atoms with Crippen molar-refractivity contribution in [1.82, 2.24) is 0 Å². The minimum atomic E-state index is -0.589. The van der Waals surface area contributed by atoms with Gasteiger partial charge in [0, 0.05) is 0 Å². The molecule has 0 unspecified atom stereocenters. The molecule has 0 radical (unpaired) electrons. The standard InChI is InChI=1S/C15H22O5/c1-10(2)19-14(17)12-7-6-11(20-12)13(16)18-9-8-15(3,4)5/h6-7,10H,8-9H2,1-5H3. The lowest BCUT2D eigenvalue weighted by Crippen LogP contribution is -2.13. The lowest BCUT2D eigenvalue weighted by molar-refractivity contribution is 0.0330. The van der Waals surface area contributed by atoms with Crippen molar-refractivity contribution < 1.29 is 23.5 Å². The van der Waals surface area contributed by atoms with Crippen LogP contribution in [0.5, 0.6) is 0 Å². The minimum absolute atomic E-state index is 0.00136. The molecular formula is C15H22O5. The molecule has 0 saturated carbocycles. The highest BCUT2D eigenvalue weighted by Gasteiger charge is 2.19. The molecule has 0 aliphatic carbocycles. The molecule has 20 heavy (non-hydrogen) atoms. The van der Waals surface area contributed by atoms with E-state index in [1.165, 1.54) is 12.1 Å². The molecule has 0 atom stereocenters. The fraction of sp³-hybridized carbons (Fsp3) is 0.600. The average Bonchev–Trinajstić information content (AvgIpc) is 2.75. The van der Waals surface area contributed by atoms with Crippen LogP contribution in [-0.4, -0.2) is 24.6 Å². The van der Waals surface area contributed by atoms with Crippen molar-refractivity contribution in [2.75, 3.05) is 6.61 Å². The van der Waals surface area contributed by atoms with Gasteiger partial charge in [-0.2, -0.15) is 0 Å². The van der Waals surface area contributed by atoms with Gasteiger partial charge in [-0.3, -0.25) is 0 Å². The quantitative estimate of drug-likeness (QED) is 0.774. The Morgan fingerprint density at radius 1 is 1.15 bits per heavy atom. The van der Waals surface area contributed by atoms with Gasteiger partial charge in [-0.25, -0.2) is 9.59 Å². The van der Waals surface area contributed by atoms with Crippen molar-refractivity contribution in [3.8, 4) is 0 Å². The number of carbonyl (C=O) groups is 2. The van der Waals surface area contributed by atoms with Crippen molar-refractivity contribution in [3.05, 3.63) is 23.7 Å². The van der Waals surface area contributed by atoms with Gasteiger partial charge < -0.3 is 13.9 Å². The van der Waals surface area contributed by atoms with Gasteiger partial charge in [-0.1, -0.05) is 20.8 Å². The molecule has 0 N–H and O–H groups in total. The SMILES string of the molecule is CC(C)OC(=O)c1ccc(C(=O)OCCC(C)(C)C)o1. The molecule has 0 bridgehead atoms. The van der Waals surface area contributed by atoms with Crippen molar-refractivity contribution in [1.29, 1.82) is 0 Å². The third-order valence-corrected chi connectivity index (χ3v) is 2.44. The first-order chi connectivity index (χ1) is 9.19. The van der Waals surface area contributed by atoms with Crippen LogP contribution >= 0.6 is 0 Å². The number of esters is 2. The Balaban J connectivity index is 2.54. The second kappa shape index (κ2) is 6.59. The third-order valence-electron chi connectivity index (χ3n) is 2.44. The monoisotopic (exact) mass is 282 g/mol. The molecule has 0 aliphatic rings. The fourth-order valence-electron chi connectivity index (χ4n) is 1.35. The first kappa shape index (κ1) is 16.3. The first-order valence-corrected chi connectivity index (χ1v) is 6.67. The fourth-order valence-corrected chi connectivity index (χ4v) is 1.35. The summed E-state index contributed by atoms with van der Waals surface area (Å²) in [5, 5.41) is 0. The van der Waals surface area contributed by atoms with Crippen LogP contribution in [0.15, 0.2) is 16.5 Å². The van der Waals surface area contributed by atoms with Crippen LogP contribution in [0.3, 0.4) is 0 Å². The lowest BCUT2D eigenvalue weighted by Gasteiger charge is -2.17. The van der Waals surface area contributed by atoms with E-state index in [0.717, 1.165) is 6.42 Å². The molecule has 1 aromatic rings. The molecule has 112 valence electrons. The maximum Gasteiger partial charge on any atom is 0.374 e. The van der Waals surface area contributed by atoms with E-state index >= 15 is 0 Å². The summed E-state index contributed by atoms with van der Waals surface area (Å²) in [5.41, 5.74) is 0.0929. The summed E-state index contributed by atoms with van der Waals surface area (Å²) >= 11 is 0. The number of hydrogen-bond acceptors (Lipinski definition) is 5. The summed E-state index contributed by atoms with van der Waals surface area (Å²) in [6.07, 6.45) is 0.511. The Hall–Kier alpha value is -1.78. The molecular weight excluding hydrogens is 260 g/mol. The molecule has 0 spiro atoms. The van der Waals surface area contributed by atoms with E-state index in [0.29, 0.717) is 6.61 Å². The van der Waals surface area contributed by atoms with Gasteiger partial charge in [-0.05, 0) is 37.8 Å². The summed E-state index contributed by atoms with van der Waals surface area (Å²) in [6.45, 7) is 9.98. The van der Waals surface area contributed by atoms with Crippen LogP contribution < -0.4 is 0 Å². The molecule has 5 nitrogen and oxygen atoms in total. The Morgan fingerprint density at radius 3 is 2.20 bits per heavy atom. The normalized spacial score (nSPS) is 11.5. The predicted molar refractivity (Wildman–Crippen MR) is 73.6 cm³/mol. The first-order valence-electron chi connectivity index (χ1n) is 6.67. The van der Waals surface area contributed by atoms with E-state index in [-0.39, 0.29) is 23.0 Å². The highest BCUT2D eigenvalue weighted by Crippen LogP contribution is 2.18. The Bertz CT molecular complexity index is 465. The van der Waals surface area contributed by atoms with E-state index in [2.05, 4.69) is 20.8 Å². The van der Waals surface area contributed by atoms with Crippen molar-refractivity contribution >= 4 is 11.9 Å². The smallest absolute Gasteiger partial charge is 0.374 e. The number of hydrogen-bond donors (Lipinski definition) is 0. The second-order valence-corrected chi connectivity index (χ2v) is 6.06. The maximum absolute atomic E-state index is 11.7. The van der Waals surface area contributed by atoms with Gasteiger partial charge in [0.15, 0.2) is 0 Å². The van der Waals surface area contributed by atoms with Crippen molar-refractivity contribution in [2.45, 2.75) is 47.1 Å². The number of carbonyl (C=O) groups excluding carboxylic acids is 2. The average molecular weight is 282 g/mol. The number of furan rings is 1. The van der Waals surface area contributed by atoms with Gasteiger partial charge in [0.25, 0.3) is 0 Å². The molecule has 1 rings (SSSR count). The maximum atomic E-state index is 11.7. The topological polar surface area (TPSA) is 65.7 Å². The van der Waals surface area contributed by atoms with E-state index in [4.69, 9.17) is 13.9 Å². The van der Waals surface area contributed by atoms with Gasteiger partial charge in [0.1, 0.15) is 0 Å². The van der Waals surface area contributed by atoms with E-state index in [1.54, 1.807) is 13.8 Å². The summed E-state index contributed by atoms with van der Waals surface area (Å²) in [5.74, 6) is -1.15. The van der Waals surface area contributed by atoms with Gasteiger partial charge in [0.2, 0.25) is 11.5 Å². The highest BCUT2D eigenvalue weighted by atomic mass is 16.6. The minimum Gasteiger partial charge on any atom is -0.460 e. The number of rotatable bonds is 5. The molecule has 0 saturated heterocycles. The van der Waals surface area contributed by atoms with Crippen LogP contribution in [0, 0.1) is 5.41 Å². The van der Waals surface area contributed by atoms with Crippen LogP contribution in [-0.2, 0) is 9.47 Å². The molecule has 0 amide bonds. The van der Waals surface area contributed by atoms with Crippen LogP contribution in [0.25, 0.3) is 0 Å². The predicted octanol–water partition coefficient (Wildman–Crippen LogP) is 3.44. The van der Waals surface area contributed by atoms with Gasteiger partial charge in [0.05, 0.1) is 12.7 Å². The zero-order valence-electron chi connectivity index (χ0n) is 12.7. The molecule has 5 heteroatoms. The molecule has 1 heterocycles.